The predicted octanol–water partition coefficient (Wildman–Crippen LogP) is 5.47. The van der Waals surface area contributed by atoms with Gasteiger partial charge in [-0.05, 0) is 37.0 Å². The summed E-state index contributed by atoms with van der Waals surface area (Å²) in [6.07, 6.45) is 9.64. The van der Waals surface area contributed by atoms with Crippen molar-refractivity contribution in [3.05, 3.63) is 107 Å². The third kappa shape index (κ3) is 7.04. The van der Waals surface area contributed by atoms with Crippen molar-refractivity contribution >= 4 is 27.6 Å². The Hall–Kier alpha value is -4.82. The summed E-state index contributed by atoms with van der Waals surface area (Å²) in [5.41, 5.74) is 2.20. The molecule has 0 bridgehead atoms. The molecule has 2 aromatic carbocycles. The highest BCUT2D eigenvalue weighted by Gasteiger charge is 2.45. The highest BCUT2D eigenvalue weighted by atomic mass is 32.2. The molecule has 2 aromatic heterocycles. The number of anilines is 1. The molecule has 14 heteroatoms. The van der Waals surface area contributed by atoms with Gasteiger partial charge in [0.15, 0.2) is 5.82 Å². The molecule has 250 valence electrons. The number of carboxylic acid groups (broad SMARTS) is 1. The van der Waals surface area contributed by atoms with E-state index in [2.05, 4.69) is 15.0 Å². The number of sulfonamides is 1. The molecule has 2 aliphatic rings. The molecule has 48 heavy (non-hydrogen) atoms. The zero-order valence-electron chi connectivity index (χ0n) is 25.8. The lowest BCUT2D eigenvalue weighted by atomic mass is 9.87. The van der Waals surface area contributed by atoms with Crippen LogP contribution in [0.4, 0.5) is 14.5 Å². The summed E-state index contributed by atoms with van der Waals surface area (Å²) < 4.78 is 61.0. The summed E-state index contributed by atoms with van der Waals surface area (Å²) in [7, 11) is -4.42. The Labute approximate surface area is 276 Å². The van der Waals surface area contributed by atoms with Crippen LogP contribution in [0.5, 0.6) is 5.75 Å². The molecule has 1 saturated carbocycles. The number of hydrogen-bond donors (Lipinski definition) is 1. The molecule has 1 amide bonds. The van der Waals surface area contributed by atoms with E-state index in [0.717, 1.165) is 41.2 Å². The molecule has 1 atom stereocenters. The van der Waals surface area contributed by atoms with Crippen LogP contribution in [-0.2, 0) is 28.0 Å². The molecule has 11 nitrogen and oxygen atoms in total. The molecule has 2 fully saturated rings. The first-order valence-corrected chi connectivity index (χ1v) is 17.0. The minimum atomic E-state index is -4.42. The van der Waals surface area contributed by atoms with E-state index in [-0.39, 0.29) is 43.1 Å². The van der Waals surface area contributed by atoms with Gasteiger partial charge in [-0.2, -0.15) is 8.70 Å². The number of ether oxygens (including phenoxy) is 1. The minimum Gasteiger partial charge on any atom is -0.488 e. The normalized spacial score (nSPS) is 17.0. The van der Waals surface area contributed by atoms with Gasteiger partial charge in [0.05, 0.1) is 30.3 Å². The van der Waals surface area contributed by atoms with E-state index < -0.39 is 44.6 Å². The van der Waals surface area contributed by atoms with Crippen LogP contribution in [0.3, 0.4) is 0 Å². The van der Waals surface area contributed by atoms with E-state index in [9.17, 15) is 31.9 Å². The van der Waals surface area contributed by atoms with Gasteiger partial charge < -0.3 is 14.7 Å². The second-order valence-electron chi connectivity index (χ2n) is 11.8. The van der Waals surface area contributed by atoms with Gasteiger partial charge in [0, 0.05) is 36.5 Å². The lowest BCUT2D eigenvalue weighted by Gasteiger charge is -2.40. The van der Waals surface area contributed by atoms with Gasteiger partial charge in [-0.3, -0.25) is 14.8 Å². The molecular weight excluding hydrogens is 644 g/mol. The summed E-state index contributed by atoms with van der Waals surface area (Å²) in [4.78, 5) is 39.4. The Kier molecular flexibility index (Phi) is 9.73. The zero-order chi connectivity index (χ0) is 33.8. The smallest absolute Gasteiger partial charge is 0.339 e. The van der Waals surface area contributed by atoms with E-state index >= 15 is 0 Å². The quantitative estimate of drug-likeness (QED) is 0.205. The van der Waals surface area contributed by atoms with Crippen molar-refractivity contribution in [2.45, 2.75) is 68.5 Å². The van der Waals surface area contributed by atoms with E-state index in [0.29, 0.717) is 23.9 Å². The standard InChI is InChI=1S/C34H33F2N5O6S/c35-28-16-26(18-39-32(28)36)48(45,46)41-14-13-30(41)33(42)40(20-24-17-38-29(19-37-24)23-9-5-2-6-10-23)25-11-12-27(34(43)44)31(15-25)47-21-22-7-3-1-4-8-22/h1,3-4,7-8,11-12,15-19,23,30H,2,5-6,9-10,13-14,20-21H2,(H,43,44)/t30-/m1/s1. The van der Waals surface area contributed by atoms with Crippen LogP contribution in [0.15, 0.2) is 78.1 Å². The molecule has 1 N–H and O–H groups in total. The van der Waals surface area contributed by atoms with Gasteiger partial charge in [-0.15, -0.1) is 0 Å². The van der Waals surface area contributed by atoms with Gasteiger partial charge >= 0.3 is 5.97 Å². The Morgan fingerprint density at radius 1 is 0.938 bits per heavy atom. The van der Waals surface area contributed by atoms with E-state index in [1.165, 1.54) is 29.5 Å². The van der Waals surface area contributed by atoms with E-state index in [4.69, 9.17) is 4.74 Å². The Morgan fingerprint density at radius 2 is 1.71 bits per heavy atom. The third-order valence-electron chi connectivity index (χ3n) is 8.71. The highest BCUT2D eigenvalue weighted by Crippen LogP contribution is 2.34. The van der Waals surface area contributed by atoms with Crippen LogP contribution in [0.1, 0.15) is 71.8 Å². The maximum atomic E-state index is 14.2. The van der Waals surface area contributed by atoms with Crippen molar-refractivity contribution in [2.75, 3.05) is 11.4 Å². The Morgan fingerprint density at radius 3 is 2.35 bits per heavy atom. The highest BCUT2D eigenvalue weighted by molar-refractivity contribution is 7.89. The third-order valence-corrected chi connectivity index (χ3v) is 10.6. The van der Waals surface area contributed by atoms with Crippen LogP contribution in [0.25, 0.3) is 0 Å². The lowest BCUT2D eigenvalue weighted by molar-refractivity contribution is -0.125. The number of halogens is 2. The zero-order valence-corrected chi connectivity index (χ0v) is 26.7. The fourth-order valence-corrected chi connectivity index (χ4v) is 7.57. The maximum Gasteiger partial charge on any atom is 0.339 e. The van der Waals surface area contributed by atoms with Crippen LogP contribution in [0.2, 0.25) is 0 Å². The number of hydrogen-bond acceptors (Lipinski definition) is 8. The van der Waals surface area contributed by atoms with Crippen molar-refractivity contribution < 1.29 is 36.6 Å². The summed E-state index contributed by atoms with van der Waals surface area (Å²) >= 11 is 0. The summed E-state index contributed by atoms with van der Waals surface area (Å²) in [5, 5.41) is 9.87. The van der Waals surface area contributed by atoms with Crippen LogP contribution in [-0.4, -0.2) is 57.2 Å². The molecular formula is C34H33F2N5O6S. The number of benzene rings is 2. The fourth-order valence-electron chi connectivity index (χ4n) is 5.98. The van der Waals surface area contributed by atoms with E-state index in [1.807, 2.05) is 30.3 Å². The predicted molar refractivity (Wildman–Crippen MR) is 170 cm³/mol. The second kappa shape index (κ2) is 14.1. The van der Waals surface area contributed by atoms with Crippen molar-refractivity contribution in [1.29, 1.82) is 0 Å². The molecule has 6 rings (SSSR count). The van der Waals surface area contributed by atoms with Crippen LogP contribution >= 0.6 is 0 Å². The molecule has 0 spiro atoms. The number of aromatic nitrogens is 3. The number of carbonyl (C=O) groups is 2. The maximum absolute atomic E-state index is 14.2. The molecule has 0 radical (unpaired) electrons. The Bertz CT molecular complexity index is 1910. The van der Waals surface area contributed by atoms with Gasteiger partial charge in [-0.25, -0.2) is 22.6 Å². The van der Waals surface area contributed by atoms with Gasteiger partial charge in [0.2, 0.25) is 21.9 Å². The summed E-state index contributed by atoms with van der Waals surface area (Å²) in [5.74, 6) is -4.42. The summed E-state index contributed by atoms with van der Waals surface area (Å²) in [6.45, 7) is -0.0904. The SMILES string of the molecule is O=C(O)c1ccc(N(Cc2cnc(C3CCCCC3)cn2)C(=O)[C@H]2CCN2S(=O)(=O)c2cnc(F)c(F)c2)cc1OCc1ccccc1. The number of carbonyl (C=O) groups excluding carboxylic acids is 1. The molecule has 1 aliphatic heterocycles. The van der Waals surface area contributed by atoms with Crippen LogP contribution in [0, 0.1) is 11.8 Å². The van der Waals surface area contributed by atoms with Crippen molar-refractivity contribution in [2.24, 2.45) is 0 Å². The molecule has 4 aromatic rings. The first kappa shape index (κ1) is 33.1. The molecule has 3 heterocycles. The molecule has 1 saturated heterocycles. The van der Waals surface area contributed by atoms with Crippen molar-refractivity contribution in [3.63, 3.8) is 0 Å². The number of carboxylic acids is 1. The average molecular weight is 678 g/mol. The monoisotopic (exact) mass is 677 g/mol. The fraction of sp³-hybridized carbons (Fsp3) is 0.324. The van der Waals surface area contributed by atoms with Crippen molar-refractivity contribution in [3.8, 4) is 5.75 Å². The average Bonchev–Trinajstić information content (AvgIpc) is 3.07. The molecule has 1 aliphatic carbocycles. The second-order valence-corrected chi connectivity index (χ2v) is 13.7. The first-order valence-electron chi connectivity index (χ1n) is 15.6. The number of pyridine rings is 1. The minimum absolute atomic E-state index is 0.00586. The number of amides is 1. The number of aromatic carboxylic acids is 1. The lowest BCUT2D eigenvalue weighted by Crippen LogP contribution is -2.59. The van der Waals surface area contributed by atoms with Crippen LogP contribution < -0.4 is 9.64 Å². The first-order chi connectivity index (χ1) is 23.1. The van der Waals surface area contributed by atoms with Gasteiger partial charge in [0.1, 0.15) is 28.9 Å². The summed E-state index contributed by atoms with van der Waals surface area (Å²) in [6, 6.07) is 12.7. The van der Waals surface area contributed by atoms with Crippen molar-refractivity contribution in [1.82, 2.24) is 19.3 Å². The molecule has 0 unspecified atom stereocenters. The topological polar surface area (TPSA) is 143 Å². The number of rotatable bonds is 11. The Balaban J connectivity index is 1.32. The van der Waals surface area contributed by atoms with E-state index in [1.54, 1.807) is 12.4 Å². The van der Waals surface area contributed by atoms with Gasteiger partial charge in [-0.1, -0.05) is 49.6 Å². The largest absolute Gasteiger partial charge is 0.488 e. The van der Waals surface area contributed by atoms with Gasteiger partial charge in [0.25, 0.3) is 0 Å². The number of nitrogens with zero attached hydrogens (tertiary/aromatic N) is 5.